The lowest BCUT2D eigenvalue weighted by Crippen LogP contribution is -2.31. The smallest absolute Gasteiger partial charge is 0.214 e. The fraction of sp³-hybridized carbons (Fsp3) is 0.714. The van der Waals surface area contributed by atoms with Gasteiger partial charge in [-0.25, -0.2) is 8.42 Å². The highest BCUT2D eigenvalue weighted by molar-refractivity contribution is 7.89. The highest BCUT2D eigenvalue weighted by Gasteiger charge is 2.36. The van der Waals surface area contributed by atoms with E-state index in [0.717, 1.165) is 12.2 Å². The lowest BCUT2D eigenvalue weighted by Gasteiger charge is -2.17. The third-order valence-electron chi connectivity index (χ3n) is 3.77. The Morgan fingerprint density at radius 3 is 2.70 bits per heavy atom. The molecule has 1 aliphatic rings. The molecule has 1 aliphatic carbocycles. The zero-order valence-electron chi connectivity index (χ0n) is 12.2. The topological polar surface area (TPSA) is 50.5 Å². The number of hydrogen-bond donors (Lipinski definition) is 0. The van der Waals surface area contributed by atoms with Crippen molar-refractivity contribution in [1.29, 1.82) is 0 Å². The van der Waals surface area contributed by atoms with Gasteiger partial charge in [-0.15, -0.1) is 11.6 Å². The molecule has 0 aliphatic heterocycles. The molecule has 1 saturated carbocycles. The second kappa shape index (κ2) is 6.08. The number of alkyl halides is 1. The first-order valence-electron chi connectivity index (χ1n) is 6.92. The van der Waals surface area contributed by atoms with Gasteiger partial charge in [0, 0.05) is 18.8 Å². The van der Waals surface area contributed by atoms with E-state index in [-0.39, 0.29) is 18.2 Å². The highest BCUT2D eigenvalue weighted by atomic mass is 35.5. The van der Waals surface area contributed by atoms with Crippen LogP contribution in [0.3, 0.4) is 0 Å². The van der Waals surface area contributed by atoms with Crippen LogP contribution in [0.15, 0.2) is 16.5 Å². The summed E-state index contributed by atoms with van der Waals surface area (Å²) in [5.41, 5.74) is 0. The number of furan rings is 1. The minimum atomic E-state index is -3.29. The SMILES string of the molecule is CC(CCl)CS(=O)(=O)N(C)Cc1ccc(C2CC2C)o1. The van der Waals surface area contributed by atoms with E-state index in [2.05, 4.69) is 6.92 Å². The first kappa shape index (κ1) is 15.9. The Morgan fingerprint density at radius 2 is 2.15 bits per heavy atom. The quantitative estimate of drug-likeness (QED) is 0.726. The summed E-state index contributed by atoms with van der Waals surface area (Å²) in [5, 5.41) is 0. The van der Waals surface area contributed by atoms with Crippen LogP contribution >= 0.6 is 11.6 Å². The van der Waals surface area contributed by atoms with Crippen molar-refractivity contribution in [2.45, 2.75) is 32.7 Å². The average Bonchev–Trinajstić information content (AvgIpc) is 2.92. The van der Waals surface area contributed by atoms with Gasteiger partial charge in [0.15, 0.2) is 0 Å². The Balaban J connectivity index is 1.96. The Kier molecular flexibility index (Phi) is 4.82. The summed E-state index contributed by atoms with van der Waals surface area (Å²) in [4.78, 5) is 0. The van der Waals surface area contributed by atoms with Crippen molar-refractivity contribution in [1.82, 2.24) is 4.31 Å². The van der Waals surface area contributed by atoms with E-state index in [1.54, 1.807) is 7.05 Å². The summed E-state index contributed by atoms with van der Waals surface area (Å²) in [6.45, 7) is 4.30. The first-order chi connectivity index (χ1) is 9.33. The van der Waals surface area contributed by atoms with Crippen LogP contribution in [0.25, 0.3) is 0 Å². The Labute approximate surface area is 126 Å². The van der Waals surface area contributed by atoms with Crippen LogP contribution in [0.5, 0.6) is 0 Å². The number of hydrogen-bond acceptors (Lipinski definition) is 3. The van der Waals surface area contributed by atoms with Crippen molar-refractivity contribution in [3.63, 3.8) is 0 Å². The molecule has 0 amide bonds. The van der Waals surface area contributed by atoms with Crippen LogP contribution in [0.2, 0.25) is 0 Å². The molecule has 2 rings (SSSR count). The van der Waals surface area contributed by atoms with Crippen molar-refractivity contribution in [3.05, 3.63) is 23.7 Å². The van der Waals surface area contributed by atoms with Crippen molar-refractivity contribution >= 4 is 21.6 Å². The van der Waals surface area contributed by atoms with Gasteiger partial charge >= 0.3 is 0 Å². The number of sulfonamides is 1. The second-order valence-corrected chi connectivity index (χ2v) is 8.35. The van der Waals surface area contributed by atoms with Gasteiger partial charge in [0.25, 0.3) is 0 Å². The summed E-state index contributed by atoms with van der Waals surface area (Å²) < 4.78 is 31.4. The van der Waals surface area contributed by atoms with Crippen molar-refractivity contribution in [2.24, 2.45) is 11.8 Å². The minimum Gasteiger partial charge on any atom is -0.464 e. The van der Waals surface area contributed by atoms with E-state index >= 15 is 0 Å². The lowest BCUT2D eigenvalue weighted by molar-refractivity contribution is 0.388. The van der Waals surface area contributed by atoms with E-state index in [1.807, 2.05) is 19.1 Å². The highest BCUT2D eigenvalue weighted by Crippen LogP contribution is 2.47. The molecule has 0 spiro atoms. The maximum atomic E-state index is 12.1. The molecule has 0 bridgehead atoms. The molecule has 1 aromatic rings. The van der Waals surface area contributed by atoms with E-state index in [0.29, 0.717) is 23.5 Å². The van der Waals surface area contributed by atoms with E-state index in [4.69, 9.17) is 16.0 Å². The van der Waals surface area contributed by atoms with Crippen molar-refractivity contribution < 1.29 is 12.8 Å². The fourth-order valence-corrected chi connectivity index (χ4v) is 3.90. The third kappa shape index (κ3) is 3.77. The molecule has 3 unspecified atom stereocenters. The van der Waals surface area contributed by atoms with E-state index in [1.165, 1.54) is 4.31 Å². The number of halogens is 1. The van der Waals surface area contributed by atoms with Gasteiger partial charge in [-0.3, -0.25) is 0 Å². The zero-order chi connectivity index (χ0) is 14.9. The predicted molar refractivity (Wildman–Crippen MR) is 80.4 cm³/mol. The molecule has 0 radical (unpaired) electrons. The lowest BCUT2D eigenvalue weighted by atomic mass is 10.3. The molecular weight excluding hydrogens is 298 g/mol. The van der Waals surface area contributed by atoms with Crippen LogP contribution in [0, 0.1) is 11.8 Å². The van der Waals surface area contributed by atoms with E-state index < -0.39 is 10.0 Å². The third-order valence-corrected chi connectivity index (χ3v) is 6.37. The molecule has 20 heavy (non-hydrogen) atoms. The Bertz CT molecular complexity index is 555. The van der Waals surface area contributed by atoms with Crippen molar-refractivity contribution in [2.75, 3.05) is 18.7 Å². The molecule has 114 valence electrons. The molecule has 1 heterocycles. The second-order valence-electron chi connectivity index (χ2n) is 5.92. The summed E-state index contributed by atoms with van der Waals surface area (Å²) in [7, 11) is -1.71. The molecule has 0 N–H and O–H groups in total. The molecule has 1 fully saturated rings. The van der Waals surface area contributed by atoms with Gasteiger partial charge in [-0.05, 0) is 30.4 Å². The van der Waals surface area contributed by atoms with Gasteiger partial charge in [0.1, 0.15) is 11.5 Å². The van der Waals surface area contributed by atoms with E-state index in [9.17, 15) is 8.42 Å². The number of rotatable bonds is 7. The van der Waals surface area contributed by atoms with Gasteiger partial charge in [-0.1, -0.05) is 13.8 Å². The Morgan fingerprint density at radius 1 is 1.50 bits per heavy atom. The molecule has 1 aromatic heterocycles. The van der Waals surface area contributed by atoms with Crippen molar-refractivity contribution in [3.8, 4) is 0 Å². The monoisotopic (exact) mass is 319 g/mol. The maximum Gasteiger partial charge on any atom is 0.214 e. The molecular formula is C14H22ClNO3S. The van der Waals surface area contributed by atoms with Crippen LogP contribution in [-0.2, 0) is 16.6 Å². The van der Waals surface area contributed by atoms with Gasteiger partial charge in [0.2, 0.25) is 10.0 Å². The zero-order valence-corrected chi connectivity index (χ0v) is 13.7. The molecule has 0 aromatic carbocycles. The molecule has 4 nitrogen and oxygen atoms in total. The van der Waals surface area contributed by atoms with Crippen LogP contribution in [0.4, 0.5) is 0 Å². The normalized spacial score (nSPS) is 24.1. The van der Waals surface area contributed by atoms with Crippen LogP contribution < -0.4 is 0 Å². The minimum absolute atomic E-state index is 0.0522. The summed E-state index contributed by atoms with van der Waals surface area (Å²) in [6, 6.07) is 3.84. The summed E-state index contributed by atoms with van der Waals surface area (Å²) in [6.07, 6.45) is 1.16. The van der Waals surface area contributed by atoms with Crippen LogP contribution in [-0.4, -0.2) is 31.4 Å². The van der Waals surface area contributed by atoms with Gasteiger partial charge in [0.05, 0.1) is 12.3 Å². The fourth-order valence-electron chi connectivity index (χ4n) is 2.25. The van der Waals surface area contributed by atoms with Gasteiger partial charge in [-0.2, -0.15) is 4.31 Å². The average molecular weight is 320 g/mol. The number of nitrogens with zero attached hydrogens (tertiary/aromatic N) is 1. The summed E-state index contributed by atoms with van der Waals surface area (Å²) >= 11 is 5.68. The largest absolute Gasteiger partial charge is 0.464 e. The summed E-state index contributed by atoms with van der Waals surface area (Å²) in [5.74, 6) is 3.24. The van der Waals surface area contributed by atoms with Crippen LogP contribution in [0.1, 0.15) is 37.7 Å². The predicted octanol–water partition coefficient (Wildman–Crippen LogP) is 3.04. The maximum absolute atomic E-state index is 12.1. The molecule has 6 heteroatoms. The molecule has 3 atom stereocenters. The first-order valence-corrected chi connectivity index (χ1v) is 9.06. The van der Waals surface area contributed by atoms with Gasteiger partial charge < -0.3 is 4.42 Å². The Hall–Kier alpha value is -0.520. The standard InChI is InChI=1S/C14H22ClNO3S/c1-10(7-15)9-20(17,18)16(3)8-12-4-5-14(19-12)13-6-11(13)2/h4-5,10-11,13H,6-9H2,1-3H3. The molecule has 0 saturated heterocycles.